The zero-order chi connectivity index (χ0) is 17.2. The molecule has 0 aliphatic rings. The molecule has 0 saturated carbocycles. The van der Waals surface area contributed by atoms with Crippen LogP contribution in [-0.2, 0) is 12.7 Å². The highest BCUT2D eigenvalue weighted by Gasteiger charge is 2.34. The summed E-state index contributed by atoms with van der Waals surface area (Å²) in [5.41, 5.74) is -1.10. The third-order valence-electron chi connectivity index (χ3n) is 2.95. The van der Waals surface area contributed by atoms with Crippen LogP contribution in [0, 0.1) is 12.7 Å². The fourth-order valence-corrected chi connectivity index (χ4v) is 1.85. The Kier molecular flexibility index (Phi) is 4.57. The maximum absolute atomic E-state index is 13.2. The van der Waals surface area contributed by atoms with Crippen molar-refractivity contribution >= 4 is 11.7 Å². The minimum absolute atomic E-state index is 0.108. The van der Waals surface area contributed by atoms with Crippen molar-refractivity contribution in [1.82, 2.24) is 10.1 Å². The molecule has 124 valence electrons. The second-order valence-electron chi connectivity index (χ2n) is 4.91. The molecule has 2 amide bonds. The molecule has 0 fully saturated rings. The van der Waals surface area contributed by atoms with Crippen LogP contribution in [0.1, 0.15) is 17.0 Å². The molecule has 0 atom stereocenters. The third-order valence-corrected chi connectivity index (χ3v) is 2.95. The Morgan fingerprint density at radius 3 is 2.61 bits per heavy atom. The summed E-state index contributed by atoms with van der Waals surface area (Å²) in [6, 6.07) is 3.21. The highest BCUT2D eigenvalue weighted by atomic mass is 19.4. The lowest BCUT2D eigenvalue weighted by molar-refractivity contribution is -0.139. The predicted molar refractivity (Wildman–Crippen MR) is 73.1 cm³/mol. The molecule has 1 aromatic carbocycles. The Bertz CT molecular complexity index is 712. The van der Waals surface area contributed by atoms with E-state index < -0.39 is 23.6 Å². The molecule has 0 unspecified atom stereocenters. The lowest BCUT2D eigenvalue weighted by Crippen LogP contribution is -2.31. The van der Waals surface area contributed by atoms with E-state index in [0.717, 1.165) is 6.07 Å². The summed E-state index contributed by atoms with van der Waals surface area (Å²) >= 11 is 0. The maximum atomic E-state index is 13.2. The number of hydrogen-bond donors (Lipinski definition) is 1. The normalized spacial score (nSPS) is 11.4. The first-order chi connectivity index (χ1) is 10.7. The molecule has 0 radical (unpaired) electrons. The largest absolute Gasteiger partial charge is 0.419 e. The maximum Gasteiger partial charge on any atom is 0.419 e. The molecule has 5 nitrogen and oxygen atoms in total. The van der Waals surface area contributed by atoms with Gasteiger partial charge in [0.25, 0.3) is 0 Å². The zero-order valence-electron chi connectivity index (χ0n) is 12.2. The van der Waals surface area contributed by atoms with Crippen molar-refractivity contribution in [2.75, 3.05) is 12.4 Å². The smallest absolute Gasteiger partial charge is 0.361 e. The average molecular weight is 331 g/mol. The van der Waals surface area contributed by atoms with Crippen molar-refractivity contribution in [3.8, 4) is 0 Å². The summed E-state index contributed by atoms with van der Waals surface area (Å²) in [5.74, 6) is -0.830. The molecule has 0 aliphatic heterocycles. The van der Waals surface area contributed by atoms with Gasteiger partial charge in [-0.2, -0.15) is 13.2 Å². The molecule has 1 heterocycles. The summed E-state index contributed by atoms with van der Waals surface area (Å²) in [4.78, 5) is 13.2. The minimum Gasteiger partial charge on any atom is -0.361 e. The number of halogens is 4. The average Bonchev–Trinajstić information content (AvgIpc) is 2.85. The highest BCUT2D eigenvalue weighted by Crippen LogP contribution is 2.33. The predicted octanol–water partition coefficient (Wildman–Crippen LogP) is 3.80. The van der Waals surface area contributed by atoms with Gasteiger partial charge in [0, 0.05) is 18.8 Å². The van der Waals surface area contributed by atoms with Crippen LogP contribution in [0.3, 0.4) is 0 Å². The van der Waals surface area contributed by atoms with Crippen LogP contribution in [0.4, 0.5) is 28.0 Å². The Morgan fingerprint density at radius 2 is 2.04 bits per heavy atom. The van der Waals surface area contributed by atoms with Crippen LogP contribution in [0.25, 0.3) is 0 Å². The van der Waals surface area contributed by atoms with E-state index in [1.54, 1.807) is 13.0 Å². The van der Waals surface area contributed by atoms with E-state index in [2.05, 4.69) is 10.5 Å². The number of amides is 2. The lowest BCUT2D eigenvalue weighted by atomic mass is 10.2. The summed E-state index contributed by atoms with van der Waals surface area (Å²) in [5, 5.41) is 5.98. The van der Waals surface area contributed by atoms with Gasteiger partial charge in [0.05, 0.1) is 12.1 Å². The van der Waals surface area contributed by atoms with Crippen LogP contribution in [-0.4, -0.2) is 23.1 Å². The first-order valence-corrected chi connectivity index (χ1v) is 6.48. The van der Waals surface area contributed by atoms with Crippen molar-refractivity contribution in [1.29, 1.82) is 0 Å². The van der Waals surface area contributed by atoms with Crippen LogP contribution in [0.2, 0.25) is 0 Å². The van der Waals surface area contributed by atoms with Crippen molar-refractivity contribution in [2.24, 2.45) is 0 Å². The van der Waals surface area contributed by atoms with Crippen LogP contribution < -0.4 is 5.32 Å². The zero-order valence-corrected chi connectivity index (χ0v) is 12.2. The quantitative estimate of drug-likeness (QED) is 0.870. The fourth-order valence-electron chi connectivity index (χ4n) is 1.85. The second-order valence-corrected chi connectivity index (χ2v) is 4.91. The Balaban J connectivity index is 2.08. The molecule has 0 aliphatic carbocycles. The van der Waals surface area contributed by atoms with Gasteiger partial charge in [-0.3, -0.25) is 0 Å². The molecule has 0 bridgehead atoms. The molecule has 0 spiro atoms. The first-order valence-electron chi connectivity index (χ1n) is 6.48. The topological polar surface area (TPSA) is 58.4 Å². The van der Waals surface area contributed by atoms with Gasteiger partial charge in [-0.1, -0.05) is 5.16 Å². The number of nitrogens with zero attached hydrogens (tertiary/aromatic N) is 2. The summed E-state index contributed by atoms with van der Waals surface area (Å²) in [6.07, 6.45) is -4.84. The van der Waals surface area contributed by atoms with Crippen LogP contribution in [0.15, 0.2) is 28.8 Å². The number of aromatic nitrogens is 1. The molecule has 23 heavy (non-hydrogen) atoms. The van der Waals surface area contributed by atoms with Crippen molar-refractivity contribution in [2.45, 2.75) is 19.6 Å². The Labute approximate surface area is 128 Å². The SMILES string of the molecule is Cc1cc(CN(C)C(=O)Nc2ccc(F)c(C(F)(F)F)c2)no1. The van der Waals surface area contributed by atoms with E-state index in [-0.39, 0.29) is 12.2 Å². The van der Waals surface area contributed by atoms with E-state index in [0.29, 0.717) is 23.6 Å². The summed E-state index contributed by atoms with van der Waals surface area (Å²) < 4.78 is 55.9. The Hall–Kier alpha value is -2.58. The standard InChI is InChI=1S/C14H13F4N3O2/c1-8-5-10(20-23-8)7-21(2)13(22)19-9-3-4-12(15)11(6-9)14(16,17)18/h3-6H,7H2,1-2H3,(H,19,22). The fraction of sp³-hybridized carbons (Fsp3) is 0.286. The van der Waals surface area contributed by atoms with Crippen molar-refractivity contribution in [3.05, 3.63) is 47.1 Å². The summed E-state index contributed by atoms with van der Waals surface area (Å²) in [6.45, 7) is 1.80. The number of benzene rings is 1. The second kappa shape index (κ2) is 6.27. The van der Waals surface area contributed by atoms with Crippen molar-refractivity contribution in [3.63, 3.8) is 0 Å². The number of urea groups is 1. The highest BCUT2D eigenvalue weighted by molar-refractivity contribution is 5.89. The molecule has 1 N–H and O–H groups in total. The molecular formula is C14H13F4N3O2. The van der Waals surface area contributed by atoms with Gasteiger partial charge in [0.15, 0.2) is 0 Å². The molecule has 2 aromatic rings. The number of carbonyl (C=O) groups excluding carboxylic acids is 1. The number of rotatable bonds is 3. The number of nitrogens with one attached hydrogen (secondary N) is 1. The molecular weight excluding hydrogens is 318 g/mol. The van der Waals surface area contributed by atoms with E-state index in [9.17, 15) is 22.4 Å². The van der Waals surface area contributed by atoms with Gasteiger partial charge < -0.3 is 14.7 Å². The monoisotopic (exact) mass is 331 g/mol. The van der Waals surface area contributed by atoms with Gasteiger partial charge in [-0.15, -0.1) is 0 Å². The third kappa shape index (κ3) is 4.21. The molecule has 0 saturated heterocycles. The Morgan fingerprint density at radius 1 is 1.35 bits per heavy atom. The van der Waals surface area contributed by atoms with Gasteiger partial charge in [-0.05, 0) is 25.1 Å². The number of aryl methyl sites for hydroxylation is 1. The minimum atomic E-state index is -4.84. The molecule has 9 heteroatoms. The number of hydrogen-bond acceptors (Lipinski definition) is 3. The first kappa shape index (κ1) is 16.8. The van der Waals surface area contributed by atoms with E-state index >= 15 is 0 Å². The van der Waals surface area contributed by atoms with Crippen LogP contribution in [0.5, 0.6) is 0 Å². The van der Waals surface area contributed by atoms with Gasteiger partial charge >= 0.3 is 12.2 Å². The van der Waals surface area contributed by atoms with Crippen molar-refractivity contribution < 1.29 is 26.9 Å². The van der Waals surface area contributed by atoms with Crippen LogP contribution >= 0.6 is 0 Å². The lowest BCUT2D eigenvalue weighted by Gasteiger charge is -2.17. The molecule has 1 aromatic heterocycles. The number of anilines is 1. The number of alkyl halides is 3. The van der Waals surface area contributed by atoms with Gasteiger partial charge in [-0.25, -0.2) is 9.18 Å². The van der Waals surface area contributed by atoms with Gasteiger partial charge in [0.2, 0.25) is 0 Å². The summed E-state index contributed by atoms with van der Waals surface area (Å²) in [7, 11) is 1.44. The van der Waals surface area contributed by atoms with E-state index in [4.69, 9.17) is 4.52 Å². The number of carbonyl (C=O) groups is 1. The van der Waals surface area contributed by atoms with E-state index in [1.807, 2.05) is 0 Å². The molecule has 2 rings (SSSR count). The van der Waals surface area contributed by atoms with E-state index in [1.165, 1.54) is 11.9 Å². The van der Waals surface area contributed by atoms with Gasteiger partial charge in [0.1, 0.15) is 17.3 Å².